The lowest BCUT2D eigenvalue weighted by atomic mass is 10.1. The number of ether oxygens (including phenoxy) is 2. The van der Waals surface area contributed by atoms with E-state index in [4.69, 9.17) is 13.9 Å². The highest BCUT2D eigenvalue weighted by Crippen LogP contribution is 2.33. The Kier molecular flexibility index (Phi) is 3.91. The van der Waals surface area contributed by atoms with Gasteiger partial charge in [0, 0.05) is 10.9 Å². The highest BCUT2D eigenvalue weighted by molar-refractivity contribution is 9.10. The second-order valence-electron chi connectivity index (χ2n) is 3.73. The average Bonchev–Trinajstić information content (AvgIpc) is 2.73. The molecule has 5 heteroatoms. The van der Waals surface area contributed by atoms with Crippen LogP contribution in [0.1, 0.15) is 12.5 Å². The summed E-state index contributed by atoms with van der Waals surface area (Å²) in [6, 6.07) is 3.66. The summed E-state index contributed by atoms with van der Waals surface area (Å²) in [5, 5.41) is 0.856. The Morgan fingerprint density at radius 2 is 2.22 bits per heavy atom. The lowest BCUT2D eigenvalue weighted by Crippen LogP contribution is -2.06. The Morgan fingerprint density at radius 1 is 1.44 bits per heavy atom. The molecule has 1 aromatic carbocycles. The number of rotatable bonds is 4. The van der Waals surface area contributed by atoms with Crippen molar-refractivity contribution < 1.29 is 18.7 Å². The molecule has 96 valence electrons. The van der Waals surface area contributed by atoms with Crippen molar-refractivity contribution in [3.05, 3.63) is 28.4 Å². The van der Waals surface area contributed by atoms with Gasteiger partial charge in [0.25, 0.3) is 0 Å². The minimum Gasteiger partial charge on any atom is -0.497 e. The molecular weight excluding hydrogens is 300 g/mol. The number of hydrogen-bond donors (Lipinski definition) is 0. The fourth-order valence-electron chi connectivity index (χ4n) is 1.74. The summed E-state index contributed by atoms with van der Waals surface area (Å²) in [5.74, 6) is 0.444. The van der Waals surface area contributed by atoms with Crippen LogP contribution in [0, 0.1) is 0 Å². The van der Waals surface area contributed by atoms with Crippen LogP contribution in [-0.2, 0) is 16.0 Å². The normalized spacial score (nSPS) is 10.6. The highest BCUT2D eigenvalue weighted by Gasteiger charge is 2.14. The third-order valence-corrected chi connectivity index (χ3v) is 3.15. The van der Waals surface area contributed by atoms with E-state index in [2.05, 4.69) is 15.9 Å². The van der Waals surface area contributed by atoms with Crippen LogP contribution in [-0.4, -0.2) is 19.7 Å². The quantitative estimate of drug-likeness (QED) is 0.813. The number of fused-ring (bicyclic) bond motifs is 1. The molecule has 0 unspecified atom stereocenters. The molecule has 2 rings (SSSR count). The Morgan fingerprint density at radius 3 is 2.89 bits per heavy atom. The third-order valence-electron chi connectivity index (χ3n) is 2.56. The van der Waals surface area contributed by atoms with Gasteiger partial charge in [0.1, 0.15) is 11.3 Å². The van der Waals surface area contributed by atoms with Crippen molar-refractivity contribution in [1.82, 2.24) is 0 Å². The first-order valence-electron chi connectivity index (χ1n) is 5.55. The first-order chi connectivity index (χ1) is 8.65. The second kappa shape index (κ2) is 5.44. The molecule has 0 saturated heterocycles. The molecule has 0 bridgehead atoms. The molecule has 1 aromatic heterocycles. The van der Waals surface area contributed by atoms with Gasteiger partial charge < -0.3 is 13.9 Å². The van der Waals surface area contributed by atoms with E-state index in [1.165, 1.54) is 0 Å². The zero-order valence-electron chi connectivity index (χ0n) is 10.2. The van der Waals surface area contributed by atoms with E-state index in [1.54, 1.807) is 20.3 Å². The van der Waals surface area contributed by atoms with Gasteiger partial charge in [-0.2, -0.15) is 0 Å². The van der Waals surface area contributed by atoms with Crippen LogP contribution < -0.4 is 4.74 Å². The fraction of sp³-hybridized carbons (Fsp3) is 0.308. The number of carbonyl (C=O) groups is 1. The summed E-state index contributed by atoms with van der Waals surface area (Å²) in [4.78, 5) is 11.5. The van der Waals surface area contributed by atoms with E-state index in [-0.39, 0.29) is 12.4 Å². The molecule has 1 heterocycles. The molecule has 0 aliphatic rings. The van der Waals surface area contributed by atoms with Crippen molar-refractivity contribution >= 4 is 32.9 Å². The summed E-state index contributed by atoms with van der Waals surface area (Å²) in [5.41, 5.74) is 1.50. The molecule has 0 N–H and O–H groups in total. The zero-order valence-corrected chi connectivity index (χ0v) is 11.7. The van der Waals surface area contributed by atoms with Gasteiger partial charge in [0.05, 0.1) is 30.9 Å². The van der Waals surface area contributed by atoms with Gasteiger partial charge in [-0.15, -0.1) is 0 Å². The van der Waals surface area contributed by atoms with E-state index >= 15 is 0 Å². The van der Waals surface area contributed by atoms with Gasteiger partial charge in [-0.1, -0.05) is 0 Å². The van der Waals surface area contributed by atoms with Crippen molar-refractivity contribution in [2.24, 2.45) is 0 Å². The van der Waals surface area contributed by atoms with Gasteiger partial charge in [-0.25, -0.2) is 0 Å². The number of benzene rings is 1. The smallest absolute Gasteiger partial charge is 0.310 e. The van der Waals surface area contributed by atoms with E-state index < -0.39 is 0 Å². The van der Waals surface area contributed by atoms with Gasteiger partial charge in [0.2, 0.25) is 0 Å². The monoisotopic (exact) mass is 312 g/mol. The predicted octanol–water partition coefficient (Wildman–Crippen LogP) is 3.31. The molecule has 0 radical (unpaired) electrons. The summed E-state index contributed by atoms with van der Waals surface area (Å²) in [6.45, 7) is 2.16. The maximum atomic E-state index is 11.5. The van der Waals surface area contributed by atoms with Gasteiger partial charge >= 0.3 is 5.97 Å². The van der Waals surface area contributed by atoms with Crippen molar-refractivity contribution in [2.45, 2.75) is 13.3 Å². The molecule has 0 saturated carbocycles. The molecule has 2 aromatic rings. The number of hydrogen-bond acceptors (Lipinski definition) is 4. The minimum absolute atomic E-state index is 0.195. The molecule has 0 fully saturated rings. The molecule has 0 amide bonds. The number of carbonyl (C=O) groups excluding carboxylic acids is 1. The van der Waals surface area contributed by atoms with Crippen molar-refractivity contribution in [3.8, 4) is 5.75 Å². The highest BCUT2D eigenvalue weighted by atomic mass is 79.9. The van der Waals surface area contributed by atoms with Gasteiger partial charge in [0.15, 0.2) is 0 Å². The summed E-state index contributed by atoms with van der Waals surface area (Å²) >= 11 is 3.41. The lowest BCUT2D eigenvalue weighted by Gasteiger charge is -2.03. The molecule has 18 heavy (non-hydrogen) atoms. The van der Waals surface area contributed by atoms with Crippen LogP contribution in [0.4, 0.5) is 0 Å². The minimum atomic E-state index is -0.265. The fourth-order valence-corrected chi connectivity index (χ4v) is 2.28. The lowest BCUT2D eigenvalue weighted by molar-refractivity contribution is -0.142. The van der Waals surface area contributed by atoms with Crippen LogP contribution in [0.25, 0.3) is 11.0 Å². The largest absolute Gasteiger partial charge is 0.497 e. The van der Waals surface area contributed by atoms with Crippen molar-refractivity contribution in [3.63, 3.8) is 0 Å². The van der Waals surface area contributed by atoms with Crippen molar-refractivity contribution in [2.75, 3.05) is 13.7 Å². The van der Waals surface area contributed by atoms with Crippen LogP contribution in [0.3, 0.4) is 0 Å². The van der Waals surface area contributed by atoms with Crippen LogP contribution >= 0.6 is 15.9 Å². The van der Waals surface area contributed by atoms with Crippen LogP contribution in [0.2, 0.25) is 0 Å². The topological polar surface area (TPSA) is 48.7 Å². The second-order valence-corrected chi connectivity index (χ2v) is 4.58. The summed E-state index contributed by atoms with van der Waals surface area (Å²) in [6.07, 6.45) is 1.77. The third kappa shape index (κ3) is 2.51. The molecule has 0 spiro atoms. The Labute approximate surface area is 113 Å². The predicted molar refractivity (Wildman–Crippen MR) is 70.8 cm³/mol. The Bertz CT molecular complexity index is 574. The number of halogens is 1. The number of furan rings is 1. The van der Waals surface area contributed by atoms with Crippen molar-refractivity contribution in [1.29, 1.82) is 0 Å². The Balaban J connectivity index is 2.40. The number of esters is 1. The van der Waals surface area contributed by atoms with E-state index in [0.717, 1.165) is 15.4 Å². The molecule has 0 atom stereocenters. The van der Waals surface area contributed by atoms with Crippen LogP contribution in [0.15, 0.2) is 27.3 Å². The van der Waals surface area contributed by atoms with Gasteiger partial charge in [-0.05, 0) is 35.0 Å². The first-order valence-corrected chi connectivity index (χ1v) is 6.34. The van der Waals surface area contributed by atoms with E-state index in [0.29, 0.717) is 17.9 Å². The maximum Gasteiger partial charge on any atom is 0.310 e. The van der Waals surface area contributed by atoms with Crippen LogP contribution in [0.5, 0.6) is 5.75 Å². The first kappa shape index (κ1) is 13.0. The maximum absolute atomic E-state index is 11.5. The molecule has 4 nitrogen and oxygen atoms in total. The van der Waals surface area contributed by atoms with E-state index in [1.807, 2.05) is 12.1 Å². The zero-order chi connectivity index (χ0) is 13.1. The SMILES string of the molecule is CCOC(=O)Cc1coc2c(Br)cc(OC)cc12. The van der Waals surface area contributed by atoms with Gasteiger partial charge in [-0.3, -0.25) is 4.79 Å². The summed E-state index contributed by atoms with van der Waals surface area (Å²) in [7, 11) is 1.60. The average molecular weight is 313 g/mol. The summed E-state index contributed by atoms with van der Waals surface area (Å²) < 4.78 is 16.4. The van der Waals surface area contributed by atoms with E-state index in [9.17, 15) is 4.79 Å². The molecule has 0 aliphatic heterocycles. The molecule has 0 aliphatic carbocycles. The molecular formula is C13H13BrO4. The standard InChI is InChI=1S/C13H13BrO4/c1-3-17-12(15)4-8-7-18-13-10(8)5-9(16-2)6-11(13)14/h5-7H,3-4H2,1-2H3. The Hall–Kier alpha value is -1.49. The number of methoxy groups -OCH3 is 1.